The molecule has 0 aliphatic carbocycles. The van der Waals surface area contributed by atoms with E-state index >= 15 is 0 Å². The molecule has 1 fully saturated rings. The zero-order valence-corrected chi connectivity index (χ0v) is 10.1. The van der Waals surface area contributed by atoms with Crippen LogP contribution >= 0.6 is 0 Å². The van der Waals surface area contributed by atoms with Crippen LogP contribution in [0, 0.1) is 5.82 Å². The smallest absolute Gasteiger partial charge is 0.123 e. The number of rotatable bonds is 2. The fourth-order valence-corrected chi connectivity index (χ4v) is 2.72. The lowest BCUT2D eigenvalue weighted by atomic mass is 9.86. The van der Waals surface area contributed by atoms with Crippen molar-refractivity contribution in [1.29, 1.82) is 0 Å². The summed E-state index contributed by atoms with van der Waals surface area (Å²) >= 11 is 0. The molecular formula is C14H16FN3. The van der Waals surface area contributed by atoms with Gasteiger partial charge >= 0.3 is 0 Å². The van der Waals surface area contributed by atoms with Gasteiger partial charge in [-0.2, -0.15) is 0 Å². The molecule has 3 nitrogen and oxygen atoms in total. The molecule has 1 saturated heterocycles. The van der Waals surface area contributed by atoms with Crippen LogP contribution in [-0.2, 0) is 0 Å². The normalized spacial score (nSPS) is 24.1. The topological polar surface area (TPSA) is 29.9 Å². The molecule has 0 unspecified atom stereocenters. The molecule has 1 N–H and O–H groups in total. The minimum atomic E-state index is -0.174. The van der Waals surface area contributed by atoms with E-state index in [1.54, 1.807) is 18.3 Å². The van der Waals surface area contributed by atoms with E-state index in [1.807, 2.05) is 24.7 Å². The van der Waals surface area contributed by atoms with Gasteiger partial charge in [-0.05, 0) is 30.7 Å². The highest BCUT2D eigenvalue weighted by atomic mass is 19.1. The number of aromatic nitrogens is 2. The largest absolute Gasteiger partial charge is 0.333 e. The Morgan fingerprint density at radius 2 is 2.11 bits per heavy atom. The van der Waals surface area contributed by atoms with Crippen molar-refractivity contribution in [2.45, 2.75) is 18.4 Å². The monoisotopic (exact) mass is 245 g/mol. The highest BCUT2D eigenvalue weighted by Crippen LogP contribution is 2.33. The van der Waals surface area contributed by atoms with Gasteiger partial charge in [-0.15, -0.1) is 0 Å². The summed E-state index contributed by atoms with van der Waals surface area (Å²) in [5, 5.41) is 3.41. The molecule has 0 bridgehead atoms. The first-order chi connectivity index (χ1) is 8.84. The van der Waals surface area contributed by atoms with Crippen LogP contribution in [0.1, 0.15) is 23.9 Å². The Hall–Kier alpha value is -1.68. The number of imidazole rings is 1. The average Bonchev–Trinajstić information content (AvgIpc) is 2.93. The highest BCUT2D eigenvalue weighted by molar-refractivity contribution is 5.23. The second kappa shape index (κ2) is 4.90. The highest BCUT2D eigenvalue weighted by Gasteiger charge is 2.27. The predicted octanol–water partition coefficient (Wildman–Crippen LogP) is 2.34. The number of hydrogen-bond donors (Lipinski definition) is 1. The van der Waals surface area contributed by atoms with Gasteiger partial charge in [0, 0.05) is 24.9 Å². The van der Waals surface area contributed by atoms with Crippen LogP contribution in [0.5, 0.6) is 0 Å². The molecule has 3 rings (SSSR count). The van der Waals surface area contributed by atoms with Crippen LogP contribution in [0.2, 0.25) is 0 Å². The minimum absolute atomic E-state index is 0.174. The third kappa shape index (κ3) is 2.16. The van der Waals surface area contributed by atoms with Crippen LogP contribution in [0.4, 0.5) is 4.39 Å². The summed E-state index contributed by atoms with van der Waals surface area (Å²) in [6, 6.07) is 7.24. The van der Waals surface area contributed by atoms with E-state index < -0.39 is 0 Å². The van der Waals surface area contributed by atoms with Crippen molar-refractivity contribution in [3.05, 3.63) is 54.4 Å². The summed E-state index contributed by atoms with van der Waals surface area (Å²) in [4.78, 5) is 4.11. The zero-order chi connectivity index (χ0) is 12.4. The summed E-state index contributed by atoms with van der Waals surface area (Å²) in [7, 11) is 0. The molecule has 1 aliphatic heterocycles. The molecule has 94 valence electrons. The van der Waals surface area contributed by atoms with Gasteiger partial charge in [-0.25, -0.2) is 9.37 Å². The van der Waals surface area contributed by atoms with Gasteiger partial charge in [0.25, 0.3) is 0 Å². The Morgan fingerprint density at radius 3 is 2.83 bits per heavy atom. The van der Waals surface area contributed by atoms with Gasteiger partial charge < -0.3 is 9.88 Å². The van der Waals surface area contributed by atoms with Crippen molar-refractivity contribution in [1.82, 2.24) is 14.9 Å². The zero-order valence-electron chi connectivity index (χ0n) is 10.1. The maximum absolute atomic E-state index is 13.0. The van der Waals surface area contributed by atoms with E-state index in [4.69, 9.17) is 0 Å². The molecule has 2 heterocycles. The summed E-state index contributed by atoms with van der Waals surface area (Å²) in [5.41, 5.74) is 1.21. The lowest BCUT2D eigenvalue weighted by Crippen LogP contribution is -2.36. The van der Waals surface area contributed by atoms with Crippen LogP contribution in [0.25, 0.3) is 0 Å². The molecule has 4 heteroatoms. The van der Waals surface area contributed by atoms with Crippen molar-refractivity contribution in [2.24, 2.45) is 0 Å². The van der Waals surface area contributed by atoms with Gasteiger partial charge in [-0.1, -0.05) is 12.1 Å². The Morgan fingerprint density at radius 1 is 1.28 bits per heavy atom. The minimum Gasteiger partial charge on any atom is -0.333 e. The number of halogens is 1. The maximum atomic E-state index is 13.0. The van der Waals surface area contributed by atoms with Crippen molar-refractivity contribution < 1.29 is 4.39 Å². The fourth-order valence-electron chi connectivity index (χ4n) is 2.72. The SMILES string of the molecule is Fc1ccc([C@H]2CCNC[C@@H]2n2ccnc2)cc1. The molecule has 0 radical (unpaired) electrons. The Balaban J connectivity index is 1.90. The van der Waals surface area contributed by atoms with Gasteiger partial charge in [0.2, 0.25) is 0 Å². The molecule has 1 aliphatic rings. The van der Waals surface area contributed by atoms with Gasteiger partial charge in [0.05, 0.1) is 12.4 Å². The number of nitrogens with one attached hydrogen (secondary N) is 1. The lowest BCUT2D eigenvalue weighted by molar-refractivity contribution is 0.322. The van der Waals surface area contributed by atoms with E-state index in [9.17, 15) is 4.39 Å². The quantitative estimate of drug-likeness (QED) is 0.880. The molecule has 0 amide bonds. The summed E-state index contributed by atoms with van der Waals surface area (Å²) in [5.74, 6) is 0.243. The van der Waals surface area contributed by atoms with Gasteiger partial charge in [-0.3, -0.25) is 0 Å². The second-order valence-corrected chi connectivity index (χ2v) is 4.73. The summed E-state index contributed by atoms with van der Waals surface area (Å²) < 4.78 is 15.1. The third-order valence-corrected chi connectivity index (χ3v) is 3.66. The first-order valence-electron chi connectivity index (χ1n) is 6.28. The maximum Gasteiger partial charge on any atom is 0.123 e. The van der Waals surface area contributed by atoms with Crippen molar-refractivity contribution in [3.63, 3.8) is 0 Å². The Labute approximate surface area is 106 Å². The molecule has 1 aromatic heterocycles. The molecule has 0 spiro atoms. The molecule has 18 heavy (non-hydrogen) atoms. The third-order valence-electron chi connectivity index (χ3n) is 3.66. The number of benzene rings is 1. The molecule has 1 aromatic carbocycles. The first kappa shape index (κ1) is 11.4. The Bertz CT molecular complexity index is 492. The van der Waals surface area contributed by atoms with Crippen LogP contribution in [0.3, 0.4) is 0 Å². The standard InChI is InChI=1S/C14H16FN3/c15-12-3-1-11(2-4-12)13-5-6-16-9-14(13)18-8-7-17-10-18/h1-4,7-8,10,13-14,16H,5-6,9H2/t13-,14+/m1/s1. The molecule has 0 saturated carbocycles. The first-order valence-corrected chi connectivity index (χ1v) is 6.28. The number of piperidine rings is 1. The molecule has 2 atom stereocenters. The predicted molar refractivity (Wildman–Crippen MR) is 67.9 cm³/mol. The van der Waals surface area contributed by atoms with E-state index in [2.05, 4.69) is 14.9 Å². The van der Waals surface area contributed by atoms with E-state index in [0.717, 1.165) is 19.5 Å². The second-order valence-electron chi connectivity index (χ2n) is 4.73. The lowest BCUT2D eigenvalue weighted by Gasteiger charge is -2.33. The number of hydrogen-bond acceptors (Lipinski definition) is 2. The van der Waals surface area contributed by atoms with Crippen molar-refractivity contribution >= 4 is 0 Å². The molecule has 2 aromatic rings. The molecular weight excluding hydrogens is 229 g/mol. The van der Waals surface area contributed by atoms with Crippen molar-refractivity contribution in [3.8, 4) is 0 Å². The fraction of sp³-hybridized carbons (Fsp3) is 0.357. The van der Waals surface area contributed by atoms with Crippen LogP contribution in [-0.4, -0.2) is 22.6 Å². The van der Waals surface area contributed by atoms with E-state index in [-0.39, 0.29) is 5.82 Å². The number of nitrogens with zero attached hydrogens (tertiary/aromatic N) is 2. The average molecular weight is 245 g/mol. The Kier molecular flexibility index (Phi) is 3.11. The van der Waals surface area contributed by atoms with Crippen molar-refractivity contribution in [2.75, 3.05) is 13.1 Å². The van der Waals surface area contributed by atoms with Crippen LogP contribution < -0.4 is 5.32 Å². The van der Waals surface area contributed by atoms with E-state index in [1.165, 1.54) is 5.56 Å². The summed E-state index contributed by atoms with van der Waals surface area (Å²) in [6.45, 7) is 1.94. The van der Waals surface area contributed by atoms with Crippen LogP contribution in [0.15, 0.2) is 43.0 Å². The van der Waals surface area contributed by atoms with E-state index in [0.29, 0.717) is 12.0 Å². The van der Waals surface area contributed by atoms with Gasteiger partial charge in [0.15, 0.2) is 0 Å². The van der Waals surface area contributed by atoms with Gasteiger partial charge in [0.1, 0.15) is 5.82 Å². The summed E-state index contributed by atoms with van der Waals surface area (Å²) in [6.07, 6.45) is 6.72.